The van der Waals surface area contributed by atoms with E-state index in [4.69, 9.17) is 5.73 Å². The first-order valence-corrected chi connectivity index (χ1v) is 8.01. The van der Waals surface area contributed by atoms with Crippen molar-refractivity contribution in [1.82, 2.24) is 5.32 Å². The van der Waals surface area contributed by atoms with Gasteiger partial charge in [-0.1, -0.05) is 12.8 Å². The molecule has 1 aromatic rings. The monoisotopic (exact) mass is 303 g/mol. The number of anilines is 1. The summed E-state index contributed by atoms with van der Waals surface area (Å²) in [6.07, 6.45) is 5.59. The number of nitrogens with two attached hydrogens (primary N) is 1. The second-order valence-electron chi connectivity index (χ2n) is 6.10. The van der Waals surface area contributed by atoms with Crippen LogP contribution >= 0.6 is 0 Å². The van der Waals surface area contributed by atoms with Crippen molar-refractivity contribution in [2.75, 3.05) is 5.32 Å². The SMILES string of the molecule is CC(N)CCC(=O)Nc1ccc(C(=O)NC2CCCC2)cc1. The number of carbonyl (C=O) groups is 2. The molecule has 1 saturated carbocycles. The molecular weight excluding hydrogens is 278 g/mol. The molecule has 0 aliphatic heterocycles. The van der Waals surface area contributed by atoms with E-state index in [1.807, 2.05) is 6.92 Å². The average molecular weight is 303 g/mol. The standard InChI is InChI=1S/C17H25N3O2/c1-12(18)6-11-16(21)19-15-9-7-13(8-10-15)17(22)20-14-4-2-3-5-14/h7-10,12,14H,2-6,11,18H2,1H3,(H,19,21)(H,20,22). The Morgan fingerprint density at radius 3 is 2.45 bits per heavy atom. The van der Waals surface area contributed by atoms with Crippen LogP contribution in [0.5, 0.6) is 0 Å². The number of amides is 2. The highest BCUT2D eigenvalue weighted by Gasteiger charge is 2.17. The summed E-state index contributed by atoms with van der Waals surface area (Å²) in [7, 11) is 0. The first-order valence-electron chi connectivity index (χ1n) is 8.01. The molecule has 1 atom stereocenters. The molecule has 1 aromatic carbocycles. The van der Waals surface area contributed by atoms with E-state index in [1.54, 1.807) is 24.3 Å². The number of hydrogen-bond donors (Lipinski definition) is 3. The van der Waals surface area contributed by atoms with E-state index in [-0.39, 0.29) is 17.9 Å². The molecule has 1 aliphatic rings. The zero-order valence-electron chi connectivity index (χ0n) is 13.1. The predicted octanol–water partition coefficient (Wildman–Crippen LogP) is 2.42. The third kappa shape index (κ3) is 5.15. The van der Waals surface area contributed by atoms with E-state index in [2.05, 4.69) is 10.6 Å². The fourth-order valence-electron chi connectivity index (χ4n) is 2.63. The zero-order chi connectivity index (χ0) is 15.9. The third-order valence-corrected chi connectivity index (χ3v) is 3.95. The largest absolute Gasteiger partial charge is 0.349 e. The number of hydrogen-bond acceptors (Lipinski definition) is 3. The van der Waals surface area contributed by atoms with E-state index < -0.39 is 0 Å². The van der Waals surface area contributed by atoms with Gasteiger partial charge in [0.1, 0.15) is 0 Å². The molecule has 1 unspecified atom stereocenters. The molecule has 5 heteroatoms. The van der Waals surface area contributed by atoms with Crippen molar-refractivity contribution >= 4 is 17.5 Å². The molecule has 0 spiro atoms. The van der Waals surface area contributed by atoms with Gasteiger partial charge >= 0.3 is 0 Å². The predicted molar refractivity (Wildman–Crippen MR) is 87.7 cm³/mol. The Balaban J connectivity index is 1.84. The molecule has 5 nitrogen and oxygen atoms in total. The minimum Gasteiger partial charge on any atom is -0.349 e. The van der Waals surface area contributed by atoms with Crippen LogP contribution in [0.4, 0.5) is 5.69 Å². The van der Waals surface area contributed by atoms with Crippen LogP contribution in [0.2, 0.25) is 0 Å². The molecule has 0 aromatic heterocycles. The molecule has 120 valence electrons. The van der Waals surface area contributed by atoms with Crippen LogP contribution in [-0.4, -0.2) is 23.9 Å². The molecule has 22 heavy (non-hydrogen) atoms. The lowest BCUT2D eigenvalue weighted by atomic mass is 10.1. The molecule has 0 radical (unpaired) electrons. The molecule has 4 N–H and O–H groups in total. The number of rotatable bonds is 6. The molecule has 1 aliphatic carbocycles. The fraction of sp³-hybridized carbons (Fsp3) is 0.529. The Morgan fingerprint density at radius 1 is 1.23 bits per heavy atom. The van der Waals surface area contributed by atoms with E-state index in [0.717, 1.165) is 12.8 Å². The van der Waals surface area contributed by atoms with Crippen molar-refractivity contribution < 1.29 is 9.59 Å². The maximum Gasteiger partial charge on any atom is 0.251 e. The van der Waals surface area contributed by atoms with Crippen molar-refractivity contribution in [3.63, 3.8) is 0 Å². The van der Waals surface area contributed by atoms with Gasteiger partial charge in [0, 0.05) is 29.8 Å². The van der Waals surface area contributed by atoms with E-state index >= 15 is 0 Å². The van der Waals surface area contributed by atoms with Gasteiger partial charge in [-0.05, 0) is 50.5 Å². The van der Waals surface area contributed by atoms with Crippen LogP contribution < -0.4 is 16.4 Å². The van der Waals surface area contributed by atoms with Crippen LogP contribution in [0.25, 0.3) is 0 Å². The maximum absolute atomic E-state index is 12.1. The summed E-state index contributed by atoms with van der Waals surface area (Å²) in [4.78, 5) is 23.8. The van der Waals surface area contributed by atoms with Gasteiger partial charge in [0.25, 0.3) is 5.91 Å². The van der Waals surface area contributed by atoms with Crippen LogP contribution in [0.3, 0.4) is 0 Å². The summed E-state index contributed by atoms with van der Waals surface area (Å²) in [6.45, 7) is 1.88. The quantitative estimate of drug-likeness (QED) is 0.754. The lowest BCUT2D eigenvalue weighted by molar-refractivity contribution is -0.116. The molecule has 1 fully saturated rings. The highest BCUT2D eigenvalue weighted by atomic mass is 16.2. The van der Waals surface area contributed by atoms with Gasteiger partial charge in [0.05, 0.1) is 0 Å². The Morgan fingerprint density at radius 2 is 1.86 bits per heavy atom. The lowest BCUT2D eigenvalue weighted by Gasteiger charge is -2.12. The van der Waals surface area contributed by atoms with Crippen molar-refractivity contribution in [2.24, 2.45) is 5.73 Å². The molecular formula is C17H25N3O2. The van der Waals surface area contributed by atoms with Gasteiger partial charge in [-0.15, -0.1) is 0 Å². The fourth-order valence-corrected chi connectivity index (χ4v) is 2.63. The van der Waals surface area contributed by atoms with Gasteiger partial charge in [0.2, 0.25) is 5.91 Å². The van der Waals surface area contributed by atoms with Crippen LogP contribution in [0.15, 0.2) is 24.3 Å². The first-order chi connectivity index (χ1) is 10.5. The number of benzene rings is 1. The first kappa shape index (κ1) is 16.5. The van der Waals surface area contributed by atoms with Crippen LogP contribution in [0.1, 0.15) is 55.8 Å². The van der Waals surface area contributed by atoms with Gasteiger partial charge in [-0.2, -0.15) is 0 Å². The van der Waals surface area contributed by atoms with Crippen molar-refractivity contribution in [1.29, 1.82) is 0 Å². The molecule has 0 heterocycles. The zero-order valence-corrected chi connectivity index (χ0v) is 13.1. The Bertz CT molecular complexity index is 505. The van der Waals surface area contributed by atoms with Crippen LogP contribution in [0, 0.1) is 0 Å². The minimum absolute atomic E-state index is 0.0207. The summed E-state index contributed by atoms with van der Waals surface area (Å²) in [5.74, 6) is -0.0952. The topological polar surface area (TPSA) is 84.2 Å². The second-order valence-corrected chi connectivity index (χ2v) is 6.10. The van der Waals surface area contributed by atoms with Crippen molar-refractivity contribution in [2.45, 2.75) is 57.5 Å². The minimum atomic E-state index is -0.0551. The van der Waals surface area contributed by atoms with Crippen molar-refractivity contribution in [3.8, 4) is 0 Å². The molecule has 2 amide bonds. The summed E-state index contributed by atoms with van der Waals surface area (Å²) in [5.41, 5.74) is 6.96. The second kappa shape index (κ2) is 7.94. The van der Waals surface area contributed by atoms with E-state index in [1.165, 1.54) is 12.8 Å². The summed E-state index contributed by atoms with van der Waals surface area (Å²) in [6, 6.07) is 7.33. The summed E-state index contributed by atoms with van der Waals surface area (Å²) < 4.78 is 0. The summed E-state index contributed by atoms with van der Waals surface area (Å²) in [5, 5.41) is 5.86. The van der Waals surface area contributed by atoms with E-state index in [9.17, 15) is 9.59 Å². The maximum atomic E-state index is 12.1. The lowest BCUT2D eigenvalue weighted by Crippen LogP contribution is -2.32. The van der Waals surface area contributed by atoms with Gasteiger partial charge < -0.3 is 16.4 Å². The third-order valence-electron chi connectivity index (χ3n) is 3.95. The Labute approximate surface area is 131 Å². The van der Waals surface area contributed by atoms with E-state index in [0.29, 0.717) is 30.1 Å². The average Bonchev–Trinajstić information content (AvgIpc) is 2.99. The van der Waals surface area contributed by atoms with Crippen molar-refractivity contribution in [3.05, 3.63) is 29.8 Å². The van der Waals surface area contributed by atoms with Gasteiger partial charge in [0.15, 0.2) is 0 Å². The molecule has 0 saturated heterocycles. The Hall–Kier alpha value is -1.88. The molecule has 2 rings (SSSR count). The van der Waals surface area contributed by atoms with Crippen LogP contribution in [-0.2, 0) is 4.79 Å². The highest BCUT2D eigenvalue weighted by Crippen LogP contribution is 2.18. The normalized spacial score (nSPS) is 16.3. The Kier molecular flexibility index (Phi) is 5.95. The highest BCUT2D eigenvalue weighted by molar-refractivity contribution is 5.96. The van der Waals surface area contributed by atoms with Gasteiger partial charge in [-0.3, -0.25) is 9.59 Å². The number of nitrogens with one attached hydrogen (secondary N) is 2. The van der Waals surface area contributed by atoms with Gasteiger partial charge in [-0.25, -0.2) is 0 Å². The number of carbonyl (C=O) groups excluding carboxylic acids is 2. The smallest absolute Gasteiger partial charge is 0.251 e. The molecule has 0 bridgehead atoms. The summed E-state index contributed by atoms with van der Waals surface area (Å²) >= 11 is 0.